The van der Waals surface area contributed by atoms with Crippen LogP contribution < -0.4 is 0 Å². The Balaban J connectivity index is 1.62. The van der Waals surface area contributed by atoms with E-state index in [0.717, 1.165) is 44.8 Å². The summed E-state index contributed by atoms with van der Waals surface area (Å²) in [6.07, 6.45) is 2.71. The van der Waals surface area contributed by atoms with E-state index in [1.165, 1.54) is 12.1 Å². The van der Waals surface area contributed by atoms with E-state index >= 15 is 0 Å². The minimum Gasteiger partial charge on any atom is -0.467 e. The van der Waals surface area contributed by atoms with Gasteiger partial charge < -0.3 is 19.0 Å². The van der Waals surface area contributed by atoms with Gasteiger partial charge in [-0.15, -0.1) is 0 Å². The highest BCUT2D eigenvalue weighted by atomic mass is 19.1. The van der Waals surface area contributed by atoms with Crippen LogP contribution in [0.5, 0.6) is 0 Å². The third kappa shape index (κ3) is 7.46. The highest BCUT2D eigenvalue weighted by Crippen LogP contribution is 2.13. The summed E-state index contributed by atoms with van der Waals surface area (Å²) in [5, 5.41) is 0. The summed E-state index contributed by atoms with van der Waals surface area (Å²) in [5.41, 5.74) is 0.812. The van der Waals surface area contributed by atoms with Crippen LogP contribution in [-0.2, 0) is 27.4 Å². The Hall–Kier alpha value is -2.71. The molecule has 1 fully saturated rings. The number of benzene rings is 1. The average molecular weight is 446 g/mol. The van der Waals surface area contributed by atoms with Crippen LogP contribution in [0.25, 0.3) is 0 Å². The standard InChI is InChI=1S/C24H32FN3O4/c1-2-23(29)27(11-4-10-26-12-15-31-16-13-26)19-24(30)28(18-22-5-3-14-32-22)17-20-6-8-21(25)9-7-20/h3,5-9,14H,2,4,10-13,15-19H2,1H3. The lowest BCUT2D eigenvalue weighted by Gasteiger charge is -2.29. The van der Waals surface area contributed by atoms with Crippen molar-refractivity contribution < 1.29 is 23.1 Å². The lowest BCUT2D eigenvalue weighted by atomic mass is 10.2. The maximum Gasteiger partial charge on any atom is 0.242 e. The van der Waals surface area contributed by atoms with Gasteiger partial charge in [-0.05, 0) is 36.2 Å². The topological polar surface area (TPSA) is 66.2 Å². The molecule has 0 aliphatic carbocycles. The van der Waals surface area contributed by atoms with Crippen LogP contribution in [0.2, 0.25) is 0 Å². The van der Waals surface area contributed by atoms with Gasteiger partial charge in [0.1, 0.15) is 11.6 Å². The second-order valence-electron chi connectivity index (χ2n) is 7.93. The first-order valence-corrected chi connectivity index (χ1v) is 11.2. The van der Waals surface area contributed by atoms with Gasteiger partial charge in [-0.25, -0.2) is 4.39 Å². The number of rotatable bonds is 11. The summed E-state index contributed by atoms with van der Waals surface area (Å²) in [6.45, 7) is 7.08. The van der Waals surface area contributed by atoms with Gasteiger partial charge in [0.2, 0.25) is 11.8 Å². The Labute approximate surface area is 188 Å². The fourth-order valence-electron chi connectivity index (χ4n) is 3.72. The molecule has 8 heteroatoms. The quantitative estimate of drug-likeness (QED) is 0.532. The number of hydrogen-bond acceptors (Lipinski definition) is 5. The maximum atomic E-state index is 13.3. The van der Waals surface area contributed by atoms with Gasteiger partial charge in [-0.2, -0.15) is 0 Å². The normalized spacial score (nSPS) is 14.3. The molecule has 7 nitrogen and oxygen atoms in total. The molecule has 2 amide bonds. The number of carbonyl (C=O) groups is 2. The van der Waals surface area contributed by atoms with Crippen molar-refractivity contribution in [2.45, 2.75) is 32.9 Å². The predicted molar refractivity (Wildman–Crippen MR) is 118 cm³/mol. The second kappa shape index (κ2) is 12.4. The number of ether oxygens (including phenoxy) is 1. The van der Waals surface area contributed by atoms with Crippen molar-refractivity contribution >= 4 is 11.8 Å². The molecule has 3 rings (SSSR count). The fourth-order valence-corrected chi connectivity index (χ4v) is 3.72. The van der Waals surface area contributed by atoms with Crippen LogP contribution in [0.4, 0.5) is 4.39 Å². The Morgan fingerprint density at radius 2 is 1.78 bits per heavy atom. The number of hydrogen-bond donors (Lipinski definition) is 0. The van der Waals surface area contributed by atoms with E-state index in [0.29, 0.717) is 25.3 Å². The van der Waals surface area contributed by atoms with Gasteiger partial charge in [-0.3, -0.25) is 14.5 Å². The third-order valence-corrected chi connectivity index (χ3v) is 5.55. The van der Waals surface area contributed by atoms with E-state index in [4.69, 9.17) is 9.15 Å². The summed E-state index contributed by atoms with van der Waals surface area (Å²) in [4.78, 5) is 31.4. The maximum absolute atomic E-state index is 13.3. The Morgan fingerprint density at radius 3 is 2.44 bits per heavy atom. The summed E-state index contributed by atoms with van der Waals surface area (Å²) < 4.78 is 24.1. The molecule has 0 unspecified atom stereocenters. The molecule has 174 valence electrons. The number of furan rings is 1. The van der Waals surface area contributed by atoms with E-state index in [1.807, 2.05) is 6.07 Å². The van der Waals surface area contributed by atoms with Crippen LogP contribution in [-0.4, -0.2) is 72.5 Å². The molecule has 0 N–H and O–H groups in total. The van der Waals surface area contributed by atoms with Gasteiger partial charge in [-0.1, -0.05) is 19.1 Å². The van der Waals surface area contributed by atoms with E-state index in [9.17, 15) is 14.0 Å². The van der Waals surface area contributed by atoms with Crippen molar-refractivity contribution in [3.05, 3.63) is 59.8 Å². The Morgan fingerprint density at radius 1 is 1.03 bits per heavy atom. The van der Waals surface area contributed by atoms with Crippen LogP contribution >= 0.6 is 0 Å². The molecule has 0 radical (unpaired) electrons. The molecule has 2 aromatic rings. The summed E-state index contributed by atoms with van der Waals surface area (Å²) in [6, 6.07) is 9.66. The number of morpholine rings is 1. The molecule has 1 aliphatic rings. The molecular formula is C24H32FN3O4. The Bertz CT molecular complexity index is 835. The van der Waals surface area contributed by atoms with Gasteiger partial charge in [0, 0.05) is 39.1 Å². The monoisotopic (exact) mass is 445 g/mol. The van der Waals surface area contributed by atoms with Crippen molar-refractivity contribution in [1.29, 1.82) is 0 Å². The first-order valence-electron chi connectivity index (χ1n) is 11.2. The van der Waals surface area contributed by atoms with Crippen molar-refractivity contribution in [1.82, 2.24) is 14.7 Å². The van der Waals surface area contributed by atoms with E-state index in [1.54, 1.807) is 41.2 Å². The summed E-state index contributed by atoms with van der Waals surface area (Å²) >= 11 is 0. The number of amides is 2. The zero-order valence-electron chi connectivity index (χ0n) is 18.7. The van der Waals surface area contributed by atoms with E-state index < -0.39 is 0 Å². The predicted octanol–water partition coefficient (Wildman–Crippen LogP) is 2.91. The molecule has 1 aromatic heterocycles. The fraction of sp³-hybridized carbons (Fsp3) is 0.500. The van der Waals surface area contributed by atoms with Gasteiger partial charge in [0.05, 0.1) is 32.6 Å². The lowest BCUT2D eigenvalue weighted by molar-refractivity contribution is -0.141. The first kappa shape index (κ1) is 23.9. The molecule has 0 bridgehead atoms. The molecule has 1 aliphatic heterocycles. The molecule has 32 heavy (non-hydrogen) atoms. The van der Waals surface area contributed by atoms with Crippen molar-refractivity contribution in [2.75, 3.05) is 45.9 Å². The smallest absolute Gasteiger partial charge is 0.242 e. The van der Waals surface area contributed by atoms with Crippen molar-refractivity contribution in [3.63, 3.8) is 0 Å². The van der Waals surface area contributed by atoms with E-state index in [-0.39, 0.29) is 30.7 Å². The van der Waals surface area contributed by atoms with Gasteiger partial charge in [0.25, 0.3) is 0 Å². The molecule has 1 saturated heterocycles. The molecule has 0 spiro atoms. The number of halogens is 1. The SMILES string of the molecule is CCC(=O)N(CCCN1CCOCC1)CC(=O)N(Cc1ccc(F)cc1)Cc1ccco1. The highest BCUT2D eigenvalue weighted by Gasteiger charge is 2.22. The lowest BCUT2D eigenvalue weighted by Crippen LogP contribution is -2.44. The number of nitrogens with zero attached hydrogens (tertiary/aromatic N) is 3. The molecule has 0 atom stereocenters. The Kier molecular flexibility index (Phi) is 9.25. The average Bonchev–Trinajstić information content (AvgIpc) is 3.32. The van der Waals surface area contributed by atoms with Gasteiger partial charge in [0.15, 0.2) is 0 Å². The highest BCUT2D eigenvalue weighted by molar-refractivity contribution is 5.84. The van der Waals surface area contributed by atoms with E-state index in [2.05, 4.69) is 4.90 Å². The minimum absolute atomic E-state index is 0.0116. The second-order valence-corrected chi connectivity index (χ2v) is 7.93. The third-order valence-electron chi connectivity index (χ3n) is 5.55. The summed E-state index contributed by atoms with van der Waals surface area (Å²) in [5.74, 6) is 0.123. The van der Waals surface area contributed by atoms with Crippen LogP contribution in [0.3, 0.4) is 0 Å². The zero-order valence-corrected chi connectivity index (χ0v) is 18.7. The number of carbonyl (C=O) groups excluding carboxylic acids is 2. The van der Waals surface area contributed by atoms with Crippen molar-refractivity contribution in [2.24, 2.45) is 0 Å². The van der Waals surface area contributed by atoms with Gasteiger partial charge >= 0.3 is 0 Å². The molecule has 0 saturated carbocycles. The zero-order chi connectivity index (χ0) is 22.8. The van der Waals surface area contributed by atoms with Crippen LogP contribution in [0.15, 0.2) is 47.1 Å². The largest absolute Gasteiger partial charge is 0.467 e. The minimum atomic E-state index is -0.322. The van der Waals surface area contributed by atoms with Crippen molar-refractivity contribution in [3.8, 4) is 0 Å². The first-order chi connectivity index (χ1) is 15.5. The molecular weight excluding hydrogens is 413 g/mol. The van der Waals surface area contributed by atoms with Crippen LogP contribution in [0.1, 0.15) is 31.1 Å². The summed E-state index contributed by atoms with van der Waals surface area (Å²) in [7, 11) is 0. The molecule has 2 heterocycles. The molecule has 1 aromatic carbocycles. The van der Waals surface area contributed by atoms with Crippen LogP contribution in [0, 0.1) is 5.82 Å².